The van der Waals surface area contributed by atoms with Crippen LogP contribution in [0.3, 0.4) is 0 Å². The molecule has 0 aliphatic heterocycles. The number of hydrogen-bond donors (Lipinski definition) is 0. The molecule has 1 rings (SSSR count). The molecule has 0 bridgehead atoms. The highest BCUT2D eigenvalue weighted by Gasteiger charge is 2.14. The molecule has 0 atom stereocenters. The summed E-state index contributed by atoms with van der Waals surface area (Å²) >= 11 is 2.06. The van der Waals surface area contributed by atoms with Crippen LogP contribution in [-0.2, 0) is 9.59 Å². The molecule has 20 heavy (non-hydrogen) atoms. The van der Waals surface area contributed by atoms with Crippen molar-refractivity contribution in [2.24, 2.45) is 0 Å². The molecule has 2 amide bonds. The molecule has 0 radical (unpaired) electrons. The second-order valence-electron chi connectivity index (χ2n) is 4.24. The molecule has 0 saturated carbocycles. The standard InChI is InChI=1S/C14H19IN2O3/c1-4-17(5-2)14(19)10-16(3)13(18)9-7-11-6-8-12(15)20-11/h6-9H,4-5,10H2,1-3H3/b9-7+. The van der Waals surface area contributed by atoms with Gasteiger partial charge >= 0.3 is 0 Å². The summed E-state index contributed by atoms with van der Waals surface area (Å²) in [5, 5.41) is 0. The third-order valence-electron chi connectivity index (χ3n) is 2.85. The normalized spacial score (nSPS) is 10.8. The number of nitrogens with zero attached hydrogens (tertiary/aromatic N) is 2. The summed E-state index contributed by atoms with van der Waals surface area (Å²) in [6, 6.07) is 3.60. The van der Waals surface area contributed by atoms with Crippen LogP contribution in [0.4, 0.5) is 0 Å². The molecule has 6 heteroatoms. The molecule has 0 spiro atoms. The van der Waals surface area contributed by atoms with Crippen molar-refractivity contribution in [2.45, 2.75) is 13.8 Å². The van der Waals surface area contributed by atoms with E-state index in [4.69, 9.17) is 4.42 Å². The second kappa shape index (κ2) is 8.08. The first-order valence-electron chi connectivity index (χ1n) is 6.44. The first-order valence-corrected chi connectivity index (χ1v) is 7.52. The van der Waals surface area contributed by atoms with E-state index < -0.39 is 0 Å². The Kier molecular flexibility index (Phi) is 6.77. The number of furan rings is 1. The third-order valence-corrected chi connectivity index (χ3v) is 3.43. The maximum atomic E-state index is 11.9. The fourth-order valence-electron chi connectivity index (χ4n) is 1.66. The van der Waals surface area contributed by atoms with Gasteiger partial charge in [-0.2, -0.15) is 0 Å². The molecule has 110 valence electrons. The van der Waals surface area contributed by atoms with Crippen LogP contribution in [0.2, 0.25) is 0 Å². The number of rotatable bonds is 6. The summed E-state index contributed by atoms with van der Waals surface area (Å²) in [6.45, 7) is 5.22. The Morgan fingerprint density at radius 3 is 2.45 bits per heavy atom. The highest BCUT2D eigenvalue weighted by Crippen LogP contribution is 2.11. The fraction of sp³-hybridized carbons (Fsp3) is 0.429. The van der Waals surface area contributed by atoms with E-state index in [0.29, 0.717) is 18.8 Å². The maximum absolute atomic E-state index is 11.9. The zero-order valence-corrected chi connectivity index (χ0v) is 14.1. The van der Waals surface area contributed by atoms with E-state index >= 15 is 0 Å². The summed E-state index contributed by atoms with van der Waals surface area (Å²) in [6.07, 6.45) is 3.01. The largest absolute Gasteiger partial charge is 0.451 e. The van der Waals surface area contributed by atoms with Gasteiger partial charge in [-0.25, -0.2) is 0 Å². The highest BCUT2D eigenvalue weighted by molar-refractivity contribution is 14.1. The Morgan fingerprint density at radius 2 is 1.95 bits per heavy atom. The van der Waals surface area contributed by atoms with E-state index in [-0.39, 0.29) is 18.4 Å². The van der Waals surface area contributed by atoms with Gasteiger partial charge in [0.2, 0.25) is 11.8 Å². The molecular weight excluding hydrogens is 371 g/mol. The highest BCUT2D eigenvalue weighted by atomic mass is 127. The van der Waals surface area contributed by atoms with Crippen LogP contribution in [0, 0.1) is 3.77 Å². The molecule has 0 aromatic carbocycles. The zero-order valence-electron chi connectivity index (χ0n) is 11.9. The Hall–Kier alpha value is -1.31. The Labute approximate surface area is 132 Å². The van der Waals surface area contributed by atoms with E-state index in [9.17, 15) is 9.59 Å². The van der Waals surface area contributed by atoms with Gasteiger partial charge in [-0.05, 0) is 54.6 Å². The van der Waals surface area contributed by atoms with Gasteiger partial charge in [-0.1, -0.05) is 0 Å². The van der Waals surface area contributed by atoms with E-state index in [1.165, 1.54) is 11.0 Å². The minimum Gasteiger partial charge on any atom is -0.451 e. The van der Waals surface area contributed by atoms with Crippen molar-refractivity contribution in [3.05, 3.63) is 27.7 Å². The van der Waals surface area contributed by atoms with Crippen LogP contribution in [0.5, 0.6) is 0 Å². The van der Waals surface area contributed by atoms with Gasteiger partial charge in [-0.15, -0.1) is 0 Å². The first-order chi connectivity index (χ1) is 9.47. The van der Waals surface area contributed by atoms with Crippen LogP contribution in [-0.4, -0.2) is 48.3 Å². The van der Waals surface area contributed by atoms with E-state index in [2.05, 4.69) is 22.6 Å². The molecule has 0 fully saturated rings. The Morgan fingerprint density at radius 1 is 1.30 bits per heavy atom. The maximum Gasteiger partial charge on any atom is 0.246 e. The smallest absolute Gasteiger partial charge is 0.246 e. The molecule has 0 saturated heterocycles. The van der Waals surface area contributed by atoms with Crippen molar-refractivity contribution in [1.29, 1.82) is 0 Å². The van der Waals surface area contributed by atoms with E-state index in [1.807, 2.05) is 19.9 Å². The van der Waals surface area contributed by atoms with Crippen molar-refractivity contribution in [3.63, 3.8) is 0 Å². The molecule has 5 nitrogen and oxygen atoms in total. The predicted molar refractivity (Wildman–Crippen MR) is 86.0 cm³/mol. The van der Waals surface area contributed by atoms with Gasteiger partial charge in [-0.3, -0.25) is 9.59 Å². The van der Waals surface area contributed by atoms with Crippen LogP contribution in [0.25, 0.3) is 6.08 Å². The molecule has 0 aliphatic rings. The van der Waals surface area contributed by atoms with Gasteiger partial charge in [0, 0.05) is 26.2 Å². The first kappa shape index (κ1) is 16.7. The zero-order chi connectivity index (χ0) is 15.1. The van der Waals surface area contributed by atoms with Gasteiger partial charge in [0.15, 0.2) is 3.77 Å². The topological polar surface area (TPSA) is 53.8 Å². The minimum absolute atomic E-state index is 0.0493. The lowest BCUT2D eigenvalue weighted by molar-refractivity contribution is -0.136. The van der Waals surface area contributed by atoms with Crippen LogP contribution in [0.1, 0.15) is 19.6 Å². The van der Waals surface area contributed by atoms with Crippen LogP contribution in [0.15, 0.2) is 22.6 Å². The Balaban J connectivity index is 2.54. The molecule has 0 unspecified atom stereocenters. The predicted octanol–water partition coefficient (Wildman–Crippen LogP) is 2.22. The molecule has 1 aromatic rings. The van der Waals surface area contributed by atoms with Gasteiger partial charge in [0.1, 0.15) is 5.76 Å². The van der Waals surface area contributed by atoms with Gasteiger partial charge in [0.25, 0.3) is 0 Å². The fourth-order valence-corrected chi connectivity index (χ4v) is 2.09. The minimum atomic E-state index is -0.225. The average molecular weight is 390 g/mol. The number of likely N-dealkylation sites (N-methyl/N-ethyl adjacent to an activating group) is 2. The lowest BCUT2D eigenvalue weighted by atomic mass is 10.3. The molecule has 1 heterocycles. The van der Waals surface area contributed by atoms with E-state index in [1.54, 1.807) is 24.1 Å². The van der Waals surface area contributed by atoms with Crippen molar-refractivity contribution in [2.75, 3.05) is 26.7 Å². The SMILES string of the molecule is CCN(CC)C(=O)CN(C)C(=O)/C=C/c1ccc(I)o1. The second-order valence-corrected chi connectivity index (χ2v) is 5.30. The third kappa shape index (κ3) is 4.99. The number of carbonyl (C=O) groups is 2. The summed E-state index contributed by atoms with van der Waals surface area (Å²) in [5.41, 5.74) is 0. The quantitative estimate of drug-likeness (QED) is 0.553. The Bertz CT molecular complexity index is 492. The average Bonchev–Trinajstić information content (AvgIpc) is 2.83. The number of halogens is 1. The van der Waals surface area contributed by atoms with Crippen LogP contribution < -0.4 is 0 Å². The summed E-state index contributed by atoms with van der Waals surface area (Å²) < 4.78 is 6.09. The van der Waals surface area contributed by atoms with Crippen molar-refractivity contribution in [3.8, 4) is 0 Å². The van der Waals surface area contributed by atoms with Crippen molar-refractivity contribution >= 4 is 40.5 Å². The number of hydrogen-bond acceptors (Lipinski definition) is 3. The van der Waals surface area contributed by atoms with Gasteiger partial charge < -0.3 is 14.2 Å². The molecular formula is C14H19IN2O3. The van der Waals surface area contributed by atoms with Crippen molar-refractivity contribution < 1.29 is 14.0 Å². The molecule has 1 aromatic heterocycles. The lowest BCUT2D eigenvalue weighted by Crippen LogP contribution is -2.40. The van der Waals surface area contributed by atoms with Crippen molar-refractivity contribution in [1.82, 2.24) is 9.80 Å². The number of carbonyl (C=O) groups excluding carboxylic acids is 2. The molecule has 0 N–H and O–H groups in total. The van der Waals surface area contributed by atoms with E-state index in [0.717, 1.165) is 3.77 Å². The molecule has 0 aliphatic carbocycles. The summed E-state index contributed by atoms with van der Waals surface area (Å²) in [5.74, 6) is 0.343. The monoisotopic (exact) mass is 390 g/mol. The number of amides is 2. The lowest BCUT2D eigenvalue weighted by Gasteiger charge is -2.22. The van der Waals surface area contributed by atoms with Gasteiger partial charge in [0.05, 0.1) is 6.54 Å². The summed E-state index contributed by atoms with van der Waals surface area (Å²) in [4.78, 5) is 26.9. The summed E-state index contributed by atoms with van der Waals surface area (Å²) in [7, 11) is 1.61. The van der Waals surface area contributed by atoms with Crippen LogP contribution >= 0.6 is 22.6 Å².